The molecule has 0 fully saturated rings. The molecule has 2 aromatic rings. The minimum atomic E-state index is -1.04. The summed E-state index contributed by atoms with van der Waals surface area (Å²) in [5.74, 6) is -0.492. The van der Waals surface area contributed by atoms with E-state index >= 15 is 0 Å². The number of aliphatic carboxylic acids is 1. The van der Waals surface area contributed by atoms with Crippen LogP contribution in [-0.4, -0.2) is 27.4 Å². The smallest absolute Gasteiger partial charge is 0.332 e. The van der Waals surface area contributed by atoms with E-state index in [1.807, 2.05) is 0 Å². The molecule has 1 aromatic heterocycles. The predicted octanol–water partition coefficient (Wildman–Crippen LogP) is 2.38. The maximum absolute atomic E-state index is 10.6. The van der Waals surface area contributed by atoms with Crippen LogP contribution in [0.15, 0.2) is 28.7 Å². The molecule has 1 N–H and O–H groups in total. The molecule has 0 spiro atoms. The van der Waals surface area contributed by atoms with Crippen LogP contribution in [0.2, 0.25) is 5.02 Å². The number of carbonyl (C=O) groups is 1. The summed E-state index contributed by atoms with van der Waals surface area (Å²) in [5.41, 5.74) is 0.731. The molecule has 0 saturated heterocycles. The SMILES string of the molecule is C[C@H](OCc1nnc(-c2ccc(Cl)cc2)o1)C(=O)O. The Hall–Kier alpha value is -1.92. The molecule has 0 aliphatic heterocycles. The number of nitrogens with zero attached hydrogens (tertiary/aromatic N) is 2. The molecule has 1 heterocycles. The van der Waals surface area contributed by atoms with E-state index in [1.54, 1.807) is 24.3 Å². The number of rotatable bonds is 5. The van der Waals surface area contributed by atoms with Crippen molar-refractivity contribution in [3.05, 3.63) is 35.2 Å². The molecule has 100 valence electrons. The minimum absolute atomic E-state index is 0.0476. The zero-order valence-corrected chi connectivity index (χ0v) is 10.8. The summed E-state index contributed by atoms with van der Waals surface area (Å²) in [6, 6.07) is 6.92. The van der Waals surface area contributed by atoms with E-state index in [-0.39, 0.29) is 12.5 Å². The van der Waals surface area contributed by atoms with Crippen LogP contribution in [0, 0.1) is 0 Å². The van der Waals surface area contributed by atoms with Crippen molar-refractivity contribution < 1.29 is 19.1 Å². The largest absolute Gasteiger partial charge is 0.479 e. The van der Waals surface area contributed by atoms with Crippen molar-refractivity contribution in [2.45, 2.75) is 19.6 Å². The first-order chi connectivity index (χ1) is 9.06. The third-order valence-electron chi connectivity index (χ3n) is 2.36. The highest BCUT2D eigenvalue weighted by atomic mass is 35.5. The highest BCUT2D eigenvalue weighted by Crippen LogP contribution is 2.20. The normalized spacial score (nSPS) is 12.3. The van der Waals surface area contributed by atoms with Gasteiger partial charge in [0.25, 0.3) is 0 Å². The standard InChI is InChI=1S/C12H11ClN2O4/c1-7(12(16)17)18-6-10-14-15-11(19-10)8-2-4-9(13)5-3-8/h2-5,7H,6H2,1H3,(H,16,17)/t7-/m0/s1. The Morgan fingerprint density at radius 1 is 1.42 bits per heavy atom. The van der Waals surface area contributed by atoms with Gasteiger partial charge in [0.1, 0.15) is 6.61 Å². The summed E-state index contributed by atoms with van der Waals surface area (Å²) < 4.78 is 10.4. The van der Waals surface area contributed by atoms with E-state index in [1.165, 1.54) is 6.92 Å². The fourth-order valence-corrected chi connectivity index (χ4v) is 1.41. The predicted molar refractivity (Wildman–Crippen MR) is 66.6 cm³/mol. The van der Waals surface area contributed by atoms with Crippen LogP contribution >= 0.6 is 11.6 Å². The zero-order chi connectivity index (χ0) is 13.8. The lowest BCUT2D eigenvalue weighted by atomic mass is 10.2. The molecule has 0 aliphatic rings. The number of aromatic nitrogens is 2. The molecule has 2 rings (SSSR count). The van der Waals surface area contributed by atoms with Gasteiger partial charge in [-0.25, -0.2) is 4.79 Å². The van der Waals surface area contributed by atoms with Crippen molar-refractivity contribution in [3.63, 3.8) is 0 Å². The zero-order valence-electron chi connectivity index (χ0n) is 10.0. The lowest BCUT2D eigenvalue weighted by Gasteiger charge is -2.04. The minimum Gasteiger partial charge on any atom is -0.479 e. The molecular formula is C12H11ClN2O4. The Labute approximate surface area is 114 Å². The third-order valence-corrected chi connectivity index (χ3v) is 2.61. The van der Waals surface area contributed by atoms with Gasteiger partial charge in [-0.2, -0.15) is 0 Å². The van der Waals surface area contributed by atoms with Crippen LogP contribution in [0.5, 0.6) is 0 Å². The lowest BCUT2D eigenvalue weighted by Crippen LogP contribution is -2.19. The van der Waals surface area contributed by atoms with E-state index < -0.39 is 12.1 Å². The Balaban J connectivity index is 2.03. The van der Waals surface area contributed by atoms with Gasteiger partial charge in [-0.15, -0.1) is 10.2 Å². The Kier molecular flexibility index (Phi) is 4.13. The molecule has 6 nitrogen and oxygen atoms in total. The van der Waals surface area contributed by atoms with Crippen molar-refractivity contribution in [3.8, 4) is 11.5 Å². The summed E-state index contributed by atoms with van der Waals surface area (Å²) in [7, 11) is 0. The second kappa shape index (κ2) is 5.81. The van der Waals surface area contributed by atoms with E-state index in [0.717, 1.165) is 5.56 Å². The average Bonchev–Trinajstić information content (AvgIpc) is 2.85. The molecule has 19 heavy (non-hydrogen) atoms. The van der Waals surface area contributed by atoms with Crippen LogP contribution in [-0.2, 0) is 16.1 Å². The maximum Gasteiger partial charge on any atom is 0.332 e. The van der Waals surface area contributed by atoms with Crippen LogP contribution in [0.3, 0.4) is 0 Å². The van der Waals surface area contributed by atoms with Crippen molar-refractivity contribution in [2.75, 3.05) is 0 Å². The van der Waals surface area contributed by atoms with Gasteiger partial charge in [-0.05, 0) is 31.2 Å². The fourth-order valence-electron chi connectivity index (χ4n) is 1.29. The number of ether oxygens (including phenoxy) is 1. The number of carboxylic acid groups (broad SMARTS) is 1. The molecular weight excluding hydrogens is 272 g/mol. The van der Waals surface area contributed by atoms with E-state index in [2.05, 4.69) is 10.2 Å². The highest BCUT2D eigenvalue weighted by molar-refractivity contribution is 6.30. The Morgan fingerprint density at radius 3 is 2.74 bits per heavy atom. The Bertz CT molecular complexity index is 567. The molecule has 0 unspecified atom stereocenters. The second-order valence-corrected chi connectivity index (χ2v) is 4.24. The number of hydrogen-bond acceptors (Lipinski definition) is 5. The van der Waals surface area contributed by atoms with Crippen molar-refractivity contribution in [2.24, 2.45) is 0 Å². The summed E-state index contributed by atoms with van der Waals surface area (Å²) in [6.07, 6.45) is -0.925. The van der Waals surface area contributed by atoms with Gasteiger partial charge in [0, 0.05) is 10.6 Å². The van der Waals surface area contributed by atoms with Gasteiger partial charge in [0.15, 0.2) is 6.10 Å². The first-order valence-corrected chi connectivity index (χ1v) is 5.87. The molecule has 7 heteroatoms. The van der Waals surface area contributed by atoms with Gasteiger partial charge in [-0.1, -0.05) is 11.6 Å². The van der Waals surface area contributed by atoms with Gasteiger partial charge < -0.3 is 14.3 Å². The average molecular weight is 283 g/mol. The quantitative estimate of drug-likeness (QED) is 0.906. The van der Waals surface area contributed by atoms with Crippen molar-refractivity contribution in [1.82, 2.24) is 10.2 Å². The maximum atomic E-state index is 10.6. The second-order valence-electron chi connectivity index (χ2n) is 3.80. The monoisotopic (exact) mass is 282 g/mol. The molecule has 0 bridgehead atoms. The first kappa shape index (κ1) is 13.5. The topological polar surface area (TPSA) is 85.5 Å². The summed E-state index contributed by atoms with van der Waals surface area (Å²) >= 11 is 5.78. The summed E-state index contributed by atoms with van der Waals surface area (Å²) in [4.78, 5) is 10.6. The first-order valence-electron chi connectivity index (χ1n) is 5.49. The van der Waals surface area contributed by atoms with Gasteiger partial charge >= 0.3 is 5.97 Å². The third kappa shape index (κ3) is 3.52. The number of benzene rings is 1. The van der Waals surface area contributed by atoms with Gasteiger partial charge in [0.05, 0.1) is 0 Å². The number of halogens is 1. The number of carboxylic acids is 1. The van der Waals surface area contributed by atoms with E-state index in [4.69, 9.17) is 25.9 Å². The lowest BCUT2D eigenvalue weighted by molar-refractivity contribution is -0.150. The van der Waals surface area contributed by atoms with Crippen molar-refractivity contribution >= 4 is 17.6 Å². The molecule has 0 saturated carbocycles. The summed E-state index contributed by atoms with van der Waals surface area (Å²) in [6.45, 7) is 1.38. The number of hydrogen-bond donors (Lipinski definition) is 1. The van der Waals surface area contributed by atoms with Crippen molar-refractivity contribution in [1.29, 1.82) is 0 Å². The molecule has 0 amide bonds. The van der Waals surface area contributed by atoms with Crippen LogP contribution < -0.4 is 0 Å². The van der Waals surface area contributed by atoms with E-state index in [0.29, 0.717) is 10.9 Å². The van der Waals surface area contributed by atoms with Gasteiger partial charge in [-0.3, -0.25) is 0 Å². The molecule has 1 aromatic carbocycles. The highest BCUT2D eigenvalue weighted by Gasteiger charge is 2.14. The Morgan fingerprint density at radius 2 is 2.11 bits per heavy atom. The molecule has 1 atom stereocenters. The van der Waals surface area contributed by atoms with Crippen LogP contribution in [0.1, 0.15) is 12.8 Å². The van der Waals surface area contributed by atoms with Crippen LogP contribution in [0.25, 0.3) is 11.5 Å². The molecule has 0 radical (unpaired) electrons. The molecule has 0 aliphatic carbocycles. The van der Waals surface area contributed by atoms with Crippen LogP contribution in [0.4, 0.5) is 0 Å². The van der Waals surface area contributed by atoms with E-state index in [9.17, 15) is 4.79 Å². The fraction of sp³-hybridized carbons (Fsp3) is 0.250. The summed E-state index contributed by atoms with van der Waals surface area (Å²) in [5, 5.41) is 16.9. The van der Waals surface area contributed by atoms with Gasteiger partial charge in [0.2, 0.25) is 11.8 Å².